The summed E-state index contributed by atoms with van der Waals surface area (Å²) >= 11 is 0. The van der Waals surface area contributed by atoms with Gasteiger partial charge in [-0.15, -0.1) is 0 Å². The Morgan fingerprint density at radius 1 is 1.21 bits per heavy atom. The van der Waals surface area contributed by atoms with Crippen LogP contribution in [0.3, 0.4) is 0 Å². The molecule has 0 saturated carbocycles. The number of hydrogen-bond donors (Lipinski definition) is 1. The van der Waals surface area contributed by atoms with Crippen molar-refractivity contribution in [3.8, 4) is 0 Å². The SMILES string of the molecule is CN(CCCCc1ccccc1)S(=O)(=O)CC(=O)O. The van der Waals surface area contributed by atoms with Gasteiger partial charge in [-0.1, -0.05) is 30.3 Å². The van der Waals surface area contributed by atoms with Gasteiger partial charge in [0.05, 0.1) is 0 Å². The van der Waals surface area contributed by atoms with Crippen LogP contribution < -0.4 is 0 Å². The van der Waals surface area contributed by atoms with Gasteiger partial charge in [-0.25, -0.2) is 12.7 Å². The Bertz CT molecular complexity index is 499. The van der Waals surface area contributed by atoms with Crippen molar-refractivity contribution in [2.75, 3.05) is 19.3 Å². The fourth-order valence-electron chi connectivity index (χ4n) is 1.71. The molecule has 6 heteroatoms. The zero-order valence-electron chi connectivity index (χ0n) is 10.9. The first kappa shape index (κ1) is 15.7. The molecule has 0 aliphatic heterocycles. The minimum atomic E-state index is -3.67. The molecule has 0 aliphatic rings. The van der Waals surface area contributed by atoms with Crippen LogP contribution in [0, 0.1) is 0 Å². The fraction of sp³-hybridized carbons (Fsp3) is 0.462. The average molecular weight is 285 g/mol. The quantitative estimate of drug-likeness (QED) is 0.732. The first-order valence-electron chi connectivity index (χ1n) is 6.11. The lowest BCUT2D eigenvalue weighted by Crippen LogP contribution is -2.33. The highest BCUT2D eigenvalue weighted by atomic mass is 32.2. The first-order chi connectivity index (χ1) is 8.92. The molecule has 0 aromatic heterocycles. The van der Waals surface area contributed by atoms with E-state index in [2.05, 4.69) is 0 Å². The lowest BCUT2D eigenvalue weighted by Gasteiger charge is -2.15. The van der Waals surface area contributed by atoms with Crippen LogP contribution in [-0.2, 0) is 21.2 Å². The number of carbonyl (C=O) groups is 1. The normalized spacial score (nSPS) is 11.7. The number of rotatable bonds is 8. The Balaban J connectivity index is 2.31. The molecule has 0 spiro atoms. The Hall–Kier alpha value is -1.40. The van der Waals surface area contributed by atoms with Crippen molar-refractivity contribution < 1.29 is 18.3 Å². The lowest BCUT2D eigenvalue weighted by molar-refractivity contribution is -0.134. The third-order valence-corrected chi connectivity index (χ3v) is 4.56. The molecule has 0 unspecified atom stereocenters. The van der Waals surface area contributed by atoms with Crippen molar-refractivity contribution in [1.29, 1.82) is 0 Å². The summed E-state index contributed by atoms with van der Waals surface area (Å²) in [6, 6.07) is 9.96. The minimum Gasteiger partial charge on any atom is -0.480 e. The molecular formula is C13H19NO4S. The summed E-state index contributed by atoms with van der Waals surface area (Å²) in [5.41, 5.74) is 1.22. The first-order valence-corrected chi connectivity index (χ1v) is 7.72. The maximum absolute atomic E-state index is 11.6. The van der Waals surface area contributed by atoms with Crippen LogP contribution in [0.2, 0.25) is 0 Å². The minimum absolute atomic E-state index is 0.350. The Morgan fingerprint density at radius 3 is 2.42 bits per heavy atom. The van der Waals surface area contributed by atoms with Gasteiger partial charge in [0.15, 0.2) is 5.75 Å². The largest absolute Gasteiger partial charge is 0.480 e. The molecule has 0 bridgehead atoms. The smallest absolute Gasteiger partial charge is 0.320 e. The average Bonchev–Trinajstić information content (AvgIpc) is 2.34. The Kier molecular flexibility index (Phi) is 5.98. The van der Waals surface area contributed by atoms with Crippen molar-refractivity contribution in [3.63, 3.8) is 0 Å². The number of benzene rings is 1. The predicted molar refractivity (Wildman–Crippen MR) is 73.4 cm³/mol. The molecule has 0 aliphatic carbocycles. The second-order valence-electron chi connectivity index (χ2n) is 4.41. The lowest BCUT2D eigenvalue weighted by atomic mass is 10.1. The predicted octanol–water partition coefficient (Wildman–Crippen LogP) is 1.36. The number of unbranched alkanes of at least 4 members (excludes halogenated alkanes) is 1. The molecule has 19 heavy (non-hydrogen) atoms. The molecule has 1 rings (SSSR count). The molecule has 0 heterocycles. The molecule has 1 N–H and O–H groups in total. The van der Waals surface area contributed by atoms with Gasteiger partial charge in [0.1, 0.15) is 0 Å². The van der Waals surface area contributed by atoms with Crippen LogP contribution in [-0.4, -0.2) is 43.1 Å². The van der Waals surface area contributed by atoms with Crippen LogP contribution >= 0.6 is 0 Å². The maximum atomic E-state index is 11.6. The fourth-order valence-corrected chi connectivity index (χ4v) is 2.65. The molecule has 0 radical (unpaired) electrons. The number of hydrogen-bond acceptors (Lipinski definition) is 3. The summed E-state index contributed by atoms with van der Waals surface area (Å²) in [7, 11) is -2.25. The van der Waals surface area contributed by atoms with Gasteiger partial charge in [0.25, 0.3) is 0 Å². The molecule has 1 aromatic rings. The van der Waals surface area contributed by atoms with Gasteiger partial charge in [0.2, 0.25) is 10.0 Å². The molecule has 5 nitrogen and oxygen atoms in total. The van der Waals surface area contributed by atoms with Gasteiger partial charge in [-0.05, 0) is 24.8 Å². The van der Waals surface area contributed by atoms with E-state index < -0.39 is 21.7 Å². The number of aliphatic carboxylic acids is 1. The van der Waals surface area contributed by atoms with Gasteiger partial charge < -0.3 is 5.11 Å². The molecule has 0 amide bonds. The number of carboxylic acid groups (broad SMARTS) is 1. The number of sulfonamides is 1. The summed E-state index contributed by atoms with van der Waals surface area (Å²) < 4.78 is 24.2. The highest BCUT2D eigenvalue weighted by Crippen LogP contribution is 2.06. The van der Waals surface area contributed by atoms with Crippen molar-refractivity contribution in [2.45, 2.75) is 19.3 Å². The number of nitrogens with zero attached hydrogens (tertiary/aromatic N) is 1. The van der Waals surface area contributed by atoms with E-state index in [9.17, 15) is 13.2 Å². The topological polar surface area (TPSA) is 74.7 Å². The zero-order valence-corrected chi connectivity index (χ0v) is 11.8. The highest BCUT2D eigenvalue weighted by Gasteiger charge is 2.20. The van der Waals surface area contributed by atoms with Crippen LogP contribution in [0.1, 0.15) is 18.4 Å². The number of aryl methyl sites for hydroxylation is 1. The van der Waals surface area contributed by atoms with Crippen molar-refractivity contribution >= 4 is 16.0 Å². The van der Waals surface area contributed by atoms with Crippen LogP contribution in [0.4, 0.5) is 0 Å². The van der Waals surface area contributed by atoms with E-state index in [1.807, 2.05) is 30.3 Å². The van der Waals surface area contributed by atoms with E-state index in [0.29, 0.717) is 13.0 Å². The molecule has 0 saturated heterocycles. The Labute approximate surface area is 113 Å². The summed E-state index contributed by atoms with van der Waals surface area (Å²) in [6.45, 7) is 0.350. The van der Waals surface area contributed by atoms with Crippen molar-refractivity contribution in [1.82, 2.24) is 4.31 Å². The van der Waals surface area contributed by atoms with E-state index in [0.717, 1.165) is 17.1 Å². The van der Waals surface area contributed by atoms with Gasteiger partial charge >= 0.3 is 5.97 Å². The monoisotopic (exact) mass is 285 g/mol. The molecule has 0 atom stereocenters. The van der Waals surface area contributed by atoms with Crippen molar-refractivity contribution in [2.24, 2.45) is 0 Å². The van der Waals surface area contributed by atoms with Crippen LogP contribution in [0.15, 0.2) is 30.3 Å². The molecular weight excluding hydrogens is 266 g/mol. The standard InChI is InChI=1S/C13H19NO4S/c1-14(19(17,18)11-13(15)16)10-6-5-9-12-7-3-2-4-8-12/h2-4,7-8H,5-6,9-11H2,1H3,(H,15,16). The second kappa shape index (κ2) is 7.25. The van der Waals surface area contributed by atoms with Gasteiger partial charge in [-0.3, -0.25) is 4.79 Å². The van der Waals surface area contributed by atoms with Crippen LogP contribution in [0.25, 0.3) is 0 Å². The van der Waals surface area contributed by atoms with E-state index in [-0.39, 0.29) is 0 Å². The van der Waals surface area contributed by atoms with Gasteiger partial charge in [0, 0.05) is 13.6 Å². The summed E-state index contributed by atoms with van der Waals surface area (Å²) in [5, 5.41) is 8.51. The summed E-state index contributed by atoms with van der Waals surface area (Å²) in [4.78, 5) is 10.4. The van der Waals surface area contributed by atoms with Crippen LogP contribution in [0.5, 0.6) is 0 Å². The number of carboxylic acids is 1. The summed E-state index contributed by atoms with van der Waals surface area (Å²) in [5.74, 6) is -2.17. The highest BCUT2D eigenvalue weighted by molar-refractivity contribution is 7.89. The van der Waals surface area contributed by atoms with E-state index in [1.165, 1.54) is 12.6 Å². The third-order valence-electron chi connectivity index (χ3n) is 2.81. The second-order valence-corrected chi connectivity index (χ2v) is 6.49. The zero-order chi connectivity index (χ0) is 14.3. The summed E-state index contributed by atoms with van der Waals surface area (Å²) in [6.07, 6.45) is 2.48. The molecule has 1 aromatic carbocycles. The van der Waals surface area contributed by atoms with Crippen molar-refractivity contribution in [3.05, 3.63) is 35.9 Å². The molecule has 106 valence electrons. The Morgan fingerprint density at radius 2 is 1.84 bits per heavy atom. The maximum Gasteiger partial charge on any atom is 0.320 e. The van der Waals surface area contributed by atoms with E-state index >= 15 is 0 Å². The van der Waals surface area contributed by atoms with Gasteiger partial charge in [-0.2, -0.15) is 0 Å². The third kappa shape index (κ3) is 5.85. The molecule has 0 fully saturated rings. The van der Waals surface area contributed by atoms with E-state index in [4.69, 9.17) is 5.11 Å². The van der Waals surface area contributed by atoms with E-state index in [1.54, 1.807) is 0 Å².